The molecule has 0 saturated heterocycles. The molecule has 41 heavy (non-hydrogen) atoms. The lowest BCUT2D eigenvalue weighted by Crippen LogP contribution is -2.24. The van der Waals surface area contributed by atoms with Gasteiger partial charge in [0, 0.05) is 37.9 Å². The van der Waals surface area contributed by atoms with E-state index in [1.807, 2.05) is 60.5 Å². The van der Waals surface area contributed by atoms with Gasteiger partial charge in [-0.25, -0.2) is 0 Å². The number of hydrogen-bond acceptors (Lipinski definition) is 8. The van der Waals surface area contributed by atoms with E-state index in [0.29, 0.717) is 36.5 Å². The average molecular weight is 554 g/mol. The molecule has 0 aliphatic rings. The molecule has 9 nitrogen and oxygen atoms in total. The summed E-state index contributed by atoms with van der Waals surface area (Å²) in [6.45, 7) is 2.13. The molecule has 0 bridgehead atoms. The van der Waals surface area contributed by atoms with Crippen LogP contribution in [0.5, 0.6) is 5.75 Å². The fourth-order valence-electron chi connectivity index (χ4n) is 4.32. The van der Waals surface area contributed by atoms with Gasteiger partial charge in [-0.15, -0.1) is 0 Å². The topological polar surface area (TPSA) is 115 Å². The SMILES string of the molecule is CN(Cc1ccccc1)c1nc(NCCCCCCCCNC(=O)c2ccccc2)nc(Nc2ccc(O)cc2)n1. The van der Waals surface area contributed by atoms with Crippen molar-refractivity contribution in [3.8, 4) is 5.75 Å². The first-order chi connectivity index (χ1) is 20.1. The van der Waals surface area contributed by atoms with E-state index in [2.05, 4.69) is 43.0 Å². The van der Waals surface area contributed by atoms with E-state index >= 15 is 0 Å². The van der Waals surface area contributed by atoms with E-state index < -0.39 is 0 Å². The molecule has 4 N–H and O–H groups in total. The highest BCUT2D eigenvalue weighted by atomic mass is 16.3. The smallest absolute Gasteiger partial charge is 0.251 e. The Kier molecular flexibility index (Phi) is 11.3. The number of carbonyl (C=O) groups excluding carboxylic acids is 1. The van der Waals surface area contributed by atoms with E-state index in [9.17, 15) is 9.90 Å². The lowest BCUT2D eigenvalue weighted by molar-refractivity contribution is 0.0953. The molecule has 0 saturated carbocycles. The van der Waals surface area contributed by atoms with E-state index in [1.54, 1.807) is 24.3 Å². The van der Waals surface area contributed by atoms with Crippen LogP contribution in [0, 0.1) is 0 Å². The van der Waals surface area contributed by atoms with Gasteiger partial charge in [-0.1, -0.05) is 74.2 Å². The molecule has 9 heteroatoms. The molecule has 4 aromatic rings. The fourth-order valence-corrected chi connectivity index (χ4v) is 4.32. The number of amides is 1. The van der Waals surface area contributed by atoms with Crippen LogP contribution >= 0.6 is 0 Å². The zero-order valence-electron chi connectivity index (χ0n) is 23.6. The van der Waals surface area contributed by atoms with E-state index in [4.69, 9.17) is 0 Å². The predicted octanol–water partition coefficient (Wildman–Crippen LogP) is 6.14. The van der Waals surface area contributed by atoms with Crippen LogP contribution in [-0.4, -0.2) is 46.1 Å². The molecule has 1 amide bonds. The largest absolute Gasteiger partial charge is 0.508 e. The average Bonchev–Trinajstić information content (AvgIpc) is 3.00. The predicted molar refractivity (Wildman–Crippen MR) is 165 cm³/mol. The number of phenols is 1. The van der Waals surface area contributed by atoms with Crippen LogP contribution < -0.4 is 20.9 Å². The van der Waals surface area contributed by atoms with E-state index in [1.165, 1.54) is 0 Å². The summed E-state index contributed by atoms with van der Waals surface area (Å²) in [4.78, 5) is 28.0. The Labute approximate surface area is 242 Å². The first kappa shape index (κ1) is 29.3. The van der Waals surface area contributed by atoms with Crippen molar-refractivity contribution in [3.63, 3.8) is 0 Å². The number of aromatic hydroxyl groups is 1. The fraction of sp³-hybridized carbons (Fsp3) is 0.312. The minimum absolute atomic E-state index is 0.00848. The van der Waals surface area contributed by atoms with Crippen molar-refractivity contribution in [2.45, 2.75) is 45.1 Å². The third-order valence-corrected chi connectivity index (χ3v) is 6.56. The Hall–Kier alpha value is -4.66. The number of phenolic OH excluding ortho intramolecular Hbond substituents is 1. The minimum Gasteiger partial charge on any atom is -0.508 e. The number of carbonyl (C=O) groups is 1. The highest BCUT2D eigenvalue weighted by Gasteiger charge is 2.12. The summed E-state index contributed by atoms with van der Waals surface area (Å²) in [5, 5.41) is 19.2. The second-order valence-electron chi connectivity index (χ2n) is 9.97. The quantitative estimate of drug-likeness (QED) is 0.0966. The molecular formula is C32H39N7O2. The van der Waals surface area contributed by atoms with Crippen LogP contribution in [0.25, 0.3) is 0 Å². The Morgan fingerprint density at radius 2 is 1.34 bits per heavy atom. The number of unbranched alkanes of at least 4 members (excludes halogenated alkanes) is 5. The third kappa shape index (κ3) is 10.1. The summed E-state index contributed by atoms with van der Waals surface area (Å²) >= 11 is 0. The lowest BCUT2D eigenvalue weighted by atomic mass is 10.1. The van der Waals surface area contributed by atoms with Crippen LogP contribution in [0.4, 0.5) is 23.5 Å². The molecule has 1 heterocycles. The second kappa shape index (κ2) is 15.8. The normalized spacial score (nSPS) is 10.7. The summed E-state index contributed by atoms with van der Waals surface area (Å²) in [5.41, 5.74) is 2.64. The van der Waals surface area contributed by atoms with Crippen molar-refractivity contribution >= 4 is 29.4 Å². The molecule has 0 aliphatic heterocycles. The third-order valence-electron chi connectivity index (χ3n) is 6.56. The summed E-state index contributed by atoms with van der Waals surface area (Å²) in [6.07, 6.45) is 6.48. The first-order valence-corrected chi connectivity index (χ1v) is 14.2. The second-order valence-corrected chi connectivity index (χ2v) is 9.97. The van der Waals surface area contributed by atoms with Gasteiger partial charge in [-0.2, -0.15) is 15.0 Å². The summed E-state index contributed by atoms with van der Waals surface area (Å²) in [5.74, 6) is 1.71. The van der Waals surface area contributed by atoms with Crippen molar-refractivity contribution in [1.29, 1.82) is 0 Å². The zero-order chi connectivity index (χ0) is 28.7. The number of nitrogens with one attached hydrogen (secondary N) is 3. The monoisotopic (exact) mass is 553 g/mol. The number of benzene rings is 3. The minimum atomic E-state index is -0.00848. The summed E-state index contributed by atoms with van der Waals surface area (Å²) < 4.78 is 0. The van der Waals surface area contributed by atoms with Crippen LogP contribution in [0.2, 0.25) is 0 Å². The highest BCUT2D eigenvalue weighted by Crippen LogP contribution is 2.20. The van der Waals surface area contributed by atoms with Crippen molar-refractivity contribution in [2.75, 3.05) is 35.7 Å². The number of aromatic nitrogens is 3. The first-order valence-electron chi connectivity index (χ1n) is 14.2. The van der Waals surface area contributed by atoms with Crippen LogP contribution in [0.15, 0.2) is 84.9 Å². The standard InChI is InChI=1S/C32H39N7O2/c1-39(24-25-14-8-6-9-15-25)32-37-30(36-31(38-32)35-27-18-20-28(40)21-19-27)34-23-13-5-3-2-4-12-22-33-29(41)26-16-10-7-11-17-26/h6-11,14-21,40H,2-5,12-13,22-24H2,1H3,(H,33,41)(H2,34,35,36,37,38). The van der Waals surface area contributed by atoms with Crippen molar-refractivity contribution in [1.82, 2.24) is 20.3 Å². The van der Waals surface area contributed by atoms with Gasteiger partial charge < -0.3 is 26.0 Å². The van der Waals surface area contributed by atoms with Gasteiger partial charge in [-0.05, 0) is 54.8 Å². The van der Waals surface area contributed by atoms with Crippen molar-refractivity contribution in [2.24, 2.45) is 0 Å². The van der Waals surface area contributed by atoms with Gasteiger partial charge in [0.05, 0.1) is 0 Å². The van der Waals surface area contributed by atoms with Crippen LogP contribution in [0.1, 0.15) is 54.4 Å². The number of hydrogen-bond donors (Lipinski definition) is 4. The molecule has 0 fully saturated rings. The van der Waals surface area contributed by atoms with Crippen molar-refractivity contribution in [3.05, 3.63) is 96.1 Å². The Morgan fingerprint density at radius 1 is 0.732 bits per heavy atom. The Morgan fingerprint density at radius 3 is 2.05 bits per heavy atom. The Balaban J connectivity index is 1.21. The highest BCUT2D eigenvalue weighted by molar-refractivity contribution is 5.94. The van der Waals surface area contributed by atoms with E-state index in [-0.39, 0.29) is 11.7 Å². The lowest BCUT2D eigenvalue weighted by Gasteiger charge is -2.19. The molecule has 0 aliphatic carbocycles. The van der Waals surface area contributed by atoms with Gasteiger partial charge in [0.2, 0.25) is 17.8 Å². The molecule has 4 rings (SSSR count). The van der Waals surface area contributed by atoms with Gasteiger partial charge in [0.15, 0.2) is 0 Å². The Bertz CT molecular complexity index is 1340. The maximum Gasteiger partial charge on any atom is 0.251 e. The van der Waals surface area contributed by atoms with Gasteiger partial charge in [0.1, 0.15) is 5.75 Å². The molecular weight excluding hydrogens is 514 g/mol. The molecule has 0 unspecified atom stereocenters. The molecule has 0 radical (unpaired) electrons. The maximum absolute atomic E-state index is 12.1. The van der Waals surface area contributed by atoms with Crippen molar-refractivity contribution < 1.29 is 9.90 Å². The number of nitrogens with zero attached hydrogens (tertiary/aromatic N) is 4. The summed E-state index contributed by atoms with van der Waals surface area (Å²) in [7, 11) is 1.96. The number of anilines is 4. The van der Waals surface area contributed by atoms with Crippen LogP contribution in [0.3, 0.4) is 0 Å². The molecule has 0 spiro atoms. The van der Waals surface area contributed by atoms with Gasteiger partial charge in [-0.3, -0.25) is 4.79 Å². The van der Waals surface area contributed by atoms with E-state index in [0.717, 1.165) is 56.3 Å². The zero-order valence-corrected chi connectivity index (χ0v) is 23.6. The molecule has 214 valence electrons. The molecule has 0 atom stereocenters. The van der Waals surface area contributed by atoms with Gasteiger partial charge in [0.25, 0.3) is 5.91 Å². The van der Waals surface area contributed by atoms with Crippen LogP contribution in [-0.2, 0) is 6.54 Å². The maximum atomic E-state index is 12.1. The van der Waals surface area contributed by atoms with Gasteiger partial charge >= 0.3 is 0 Å². The summed E-state index contributed by atoms with van der Waals surface area (Å²) in [6, 6.07) is 26.3. The molecule has 3 aromatic carbocycles. The molecule has 1 aromatic heterocycles. The number of rotatable bonds is 16.